The van der Waals surface area contributed by atoms with Crippen molar-refractivity contribution in [3.05, 3.63) is 28.2 Å². The molecule has 70 valence electrons. The second-order valence-electron chi connectivity index (χ2n) is 3.27. The molecule has 1 nitrogen and oxygen atoms in total. The number of hydrogen-bond acceptors (Lipinski definition) is 1. The van der Waals surface area contributed by atoms with Gasteiger partial charge in [-0.2, -0.15) is 0 Å². The molecule has 1 aliphatic rings. The predicted octanol–water partition coefficient (Wildman–Crippen LogP) is 3.67. The van der Waals surface area contributed by atoms with Gasteiger partial charge in [0.1, 0.15) is 6.17 Å². The molecular formula is C10H11BrFN. The van der Waals surface area contributed by atoms with Crippen molar-refractivity contribution in [3.8, 4) is 0 Å². The Morgan fingerprint density at radius 3 is 3.15 bits per heavy atom. The first-order chi connectivity index (χ1) is 6.27. The van der Waals surface area contributed by atoms with Crippen LogP contribution in [0.4, 0.5) is 10.1 Å². The molecule has 0 amide bonds. The van der Waals surface area contributed by atoms with Crippen LogP contribution >= 0.6 is 15.9 Å². The minimum Gasteiger partial charge on any atom is -0.385 e. The Hall–Kier alpha value is -0.570. The summed E-state index contributed by atoms with van der Waals surface area (Å²) < 4.78 is 14.5. The van der Waals surface area contributed by atoms with Crippen LogP contribution in [0.2, 0.25) is 0 Å². The highest BCUT2D eigenvalue weighted by Crippen LogP contribution is 2.33. The molecule has 0 aliphatic carbocycles. The second-order valence-corrected chi connectivity index (χ2v) is 4.18. The first-order valence-electron chi connectivity index (χ1n) is 4.45. The van der Waals surface area contributed by atoms with Gasteiger partial charge in [-0.3, -0.25) is 0 Å². The summed E-state index contributed by atoms with van der Waals surface area (Å²) in [5, 5.41) is 3.22. The Balaban J connectivity index is 2.43. The predicted molar refractivity (Wildman–Crippen MR) is 55.7 cm³/mol. The normalized spacial score (nSPS) is 21.5. The van der Waals surface area contributed by atoms with Crippen molar-refractivity contribution in [3.63, 3.8) is 0 Å². The molecule has 13 heavy (non-hydrogen) atoms. The number of hydrogen-bond donors (Lipinski definition) is 1. The average molecular weight is 244 g/mol. The molecule has 0 saturated carbocycles. The van der Waals surface area contributed by atoms with E-state index in [1.54, 1.807) is 0 Å². The number of benzene rings is 1. The van der Waals surface area contributed by atoms with E-state index in [-0.39, 0.29) is 0 Å². The summed E-state index contributed by atoms with van der Waals surface area (Å²) in [6.45, 7) is 0.870. The van der Waals surface area contributed by atoms with E-state index in [2.05, 4.69) is 21.2 Å². The van der Waals surface area contributed by atoms with E-state index in [0.29, 0.717) is 6.42 Å². The lowest BCUT2D eigenvalue weighted by Gasteiger charge is -2.09. The molecule has 1 heterocycles. The van der Waals surface area contributed by atoms with E-state index in [1.807, 2.05) is 18.2 Å². The van der Waals surface area contributed by atoms with Gasteiger partial charge < -0.3 is 5.32 Å². The SMILES string of the molecule is FC1CCCNc2ccc(Br)cc21. The molecule has 1 unspecified atom stereocenters. The van der Waals surface area contributed by atoms with E-state index in [9.17, 15) is 4.39 Å². The number of nitrogens with one attached hydrogen (secondary N) is 1. The van der Waals surface area contributed by atoms with E-state index < -0.39 is 6.17 Å². The molecular weight excluding hydrogens is 233 g/mol. The highest BCUT2D eigenvalue weighted by molar-refractivity contribution is 9.10. The van der Waals surface area contributed by atoms with Gasteiger partial charge in [-0.25, -0.2) is 4.39 Å². The fraction of sp³-hybridized carbons (Fsp3) is 0.400. The summed E-state index contributed by atoms with van der Waals surface area (Å²) in [6, 6.07) is 5.72. The standard InChI is InChI=1S/C10H11BrFN/c11-7-3-4-10-8(6-7)9(12)2-1-5-13-10/h3-4,6,9,13H,1-2,5H2. The maximum Gasteiger partial charge on any atom is 0.127 e. The largest absolute Gasteiger partial charge is 0.385 e. The van der Waals surface area contributed by atoms with Gasteiger partial charge in [0.2, 0.25) is 0 Å². The van der Waals surface area contributed by atoms with Crippen molar-refractivity contribution in [1.29, 1.82) is 0 Å². The van der Waals surface area contributed by atoms with E-state index >= 15 is 0 Å². The summed E-state index contributed by atoms with van der Waals surface area (Å²) >= 11 is 3.35. The van der Waals surface area contributed by atoms with Gasteiger partial charge in [-0.05, 0) is 31.0 Å². The number of rotatable bonds is 0. The smallest absolute Gasteiger partial charge is 0.127 e. The zero-order chi connectivity index (χ0) is 9.26. The summed E-state index contributed by atoms with van der Waals surface area (Å²) in [7, 11) is 0. The van der Waals surface area contributed by atoms with E-state index in [0.717, 1.165) is 28.7 Å². The summed E-state index contributed by atoms with van der Waals surface area (Å²) in [5.41, 5.74) is 1.72. The molecule has 0 saturated heterocycles. The van der Waals surface area contributed by atoms with Crippen LogP contribution in [-0.2, 0) is 0 Å². The molecule has 1 aliphatic heterocycles. The third-order valence-electron chi connectivity index (χ3n) is 2.30. The topological polar surface area (TPSA) is 12.0 Å². The zero-order valence-electron chi connectivity index (χ0n) is 7.19. The lowest BCUT2D eigenvalue weighted by Crippen LogP contribution is -1.99. The molecule has 0 radical (unpaired) electrons. The van der Waals surface area contributed by atoms with Gasteiger partial charge in [0, 0.05) is 22.3 Å². The van der Waals surface area contributed by atoms with Crippen LogP contribution in [-0.4, -0.2) is 6.54 Å². The van der Waals surface area contributed by atoms with Gasteiger partial charge in [0.15, 0.2) is 0 Å². The fourth-order valence-electron chi connectivity index (χ4n) is 1.61. The van der Waals surface area contributed by atoms with Crippen LogP contribution in [0.15, 0.2) is 22.7 Å². The highest BCUT2D eigenvalue weighted by Gasteiger charge is 2.17. The highest BCUT2D eigenvalue weighted by atomic mass is 79.9. The Morgan fingerprint density at radius 2 is 2.31 bits per heavy atom. The molecule has 0 bridgehead atoms. The Morgan fingerprint density at radius 1 is 1.46 bits per heavy atom. The Labute approximate surface area is 85.5 Å². The fourth-order valence-corrected chi connectivity index (χ4v) is 1.99. The first kappa shape index (κ1) is 9.00. The number of anilines is 1. The van der Waals surface area contributed by atoms with Crippen LogP contribution in [0.3, 0.4) is 0 Å². The molecule has 2 rings (SSSR count). The molecule has 1 N–H and O–H groups in total. The van der Waals surface area contributed by atoms with Crippen LogP contribution in [0.5, 0.6) is 0 Å². The number of halogens is 2. The minimum absolute atomic E-state index is 0.621. The third-order valence-corrected chi connectivity index (χ3v) is 2.79. The van der Waals surface area contributed by atoms with Crippen molar-refractivity contribution in [1.82, 2.24) is 0 Å². The van der Waals surface area contributed by atoms with Gasteiger partial charge in [-0.15, -0.1) is 0 Å². The average Bonchev–Trinajstić information content (AvgIpc) is 2.29. The molecule has 0 spiro atoms. The Kier molecular flexibility index (Phi) is 2.54. The van der Waals surface area contributed by atoms with E-state index in [1.165, 1.54) is 0 Å². The van der Waals surface area contributed by atoms with Crippen LogP contribution in [0.25, 0.3) is 0 Å². The van der Waals surface area contributed by atoms with Gasteiger partial charge >= 0.3 is 0 Å². The monoisotopic (exact) mass is 243 g/mol. The Bertz CT molecular complexity index is 314. The molecule has 0 aromatic heterocycles. The summed E-state index contributed by atoms with van der Waals surface area (Å²) in [6.07, 6.45) is 0.701. The van der Waals surface area contributed by atoms with Crippen LogP contribution in [0, 0.1) is 0 Å². The molecule has 3 heteroatoms. The number of fused-ring (bicyclic) bond motifs is 1. The molecule has 1 aromatic rings. The molecule has 1 atom stereocenters. The van der Waals surface area contributed by atoms with Crippen molar-refractivity contribution < 1.29 is 4.39 Å². The van der Waals surface area contributed by atoms with Gasteiger partial charge in [0.05, 0.1) is 0 Å². The zero-order valence-corrected chi connectivity index (χ0v) is 8.77. The maximum absolute atomic E-state index is 13.6. The second kappa shape index (κ2) is 3.66. The lowest BCUT2D eigenvalue weighted by molar-refractivity contribution is 0.324. The van der Waals surface area contributed by atoms with Crippen LogP contribution < -0.4 is 5.32 Å². The van der Waals surface area contributed by atoms with Gasteiger partial charge in [-0.1, -0.05) is 15.9 Å². The quantitative estimate of drug-likeness (QED) is 0.734. The minimum atomic E-state index is -0.817. The summed E-state index contributed by atoms with van der Waals surface area (Å²) in [5.74, 6) is 0. The lowest BCUT2D eigenvalue weighted by atomic mass is 10.1. The maximum atomic E-state index is 13.6. The van der Waals surface area contributed by atoms with Crippen molar-refractivity contribution in [2.45, 2.75) is 19.0 Å². The van der Waals surface area contributed by atoms with Crippen molar-refractivity contribution in [2.75, 3.05) is 11.9 Å². The number of alkyl halides is 1. The van der Waals surface area contributed by atoms with Crippen molar-refractivity contribution in [2.24, 2.45) is 0 Å². The molecule has 1 aromatic carbocycles. The van der Waals surface area contributed by atoms with Crippen LogP contribution in [0.1, 0.15) is 24.6 Å². The van der Waals surface area contributed by atoms with Gasteiger partial charge in [0.25, 0.3) is 0 Å². The first-order valence-corrected chi connectivity index (χ1v) is 5.24. The third kappa shape index (κ3) is 1.85. The van der Waals surface area contributed by atoms with E-state index in [4.69, 9.17) is 0 Å². The summed E-state index contributed by atoms with van der Waals surface area (Å²) in [4.78, 5) is 0. The van der Waals surface area contributed by atoms with Crippen molar-refractivity contribution >= 4 is 21.6 Å². The molecule has 0 fully saturated rings.